The normalized spacial score (nSPS) is 12.4. The lowest BCUT2D eigenvalue weighted by Crippen LogP contribution is -2.30. The topological polar surface area (TPSA) is 73.0 Å². The molecule has 0 unspecified atom stereocenters. The third-order valence-corrected chi connectivity index (χ3v) is 2.97. The highest BCUT2D eigenvalue weighted by Crippen LogP contribution is 2.12. The monoisotopic (exact) mass is 248 g/mol. The van der Waals surface area contributed by atoms with Crippen LogP contribution in [0.3, 0.4) is 0 Å². The zero-order valence-electron chi connectivity index (χ0n) is 10.7. The Bertz CT molecular complexity index is 511. The first-order valence-corrected chi connectivity index (χ1v) is 5.76. The lowest BCUT2D eigenvalue weighted by molar-refractivity contribution is -0.124. The van der Waals surface area contributed by atoms with Crippen LogP contribution in [-0.4, -0.2) is 20.6 Å². The molecule has 2 rings (SSSR count). The van der Waals surface area contributed by atoms with Gasteiger partial charge in [0.15, 0.2) is 0 Å². The van der Waals surface area contributed by atoms with Crippen molar-refractivity contribution in [1.29, 1.82) is 0 Å². The van der Waals surface area contributed by atoms with Crippen molar-refractivity contribution in [3.05, 3.63) is 35.7 Å². The van der Waals surface area contributed by atoms with Crippen molar-refractivity contribution < 1.29 is 9.32 Å². The van der Waals surface area contributed by atoms with E-state index in [4.69, 9.17) is 4.52 Å². The number of rotatable bonds is 4. The van der Waals surface area contributed by atoms with Gasteiger partial charge in [-0.1, -0.05) is 5.16 Å². The van der Waals surface area contributed by atoms with Crippen LogP contribution in [-0.2, 0) is 11.3 Å². The summed E-state index contributed by atoms with van der Waals surface area (Å²) in [7, 11) is 0. The van der Waals surface area contributed by atoms with E-state index in [1.165, 1.54) is 0 Å². The number of aromatic nitrogens is 3. The molecule has 0 aliphatic heterocycles. The second-order valence-electron chi connectivity index (χ2n) is 4.21. The minimum atomic E-state index is -0.284. The van der Waals surface area contributed by atoms with Crippen LogP contribution >= 0.6 is 0 Å². The number of hydrogen-bond acceptors (Lipinski definition) is 4. The molecule has 2 aromatic heterocycles. The number of carbonyl (C=O) groups excluding carboxylic acids is 1. The van der Waals surface area contributed by atoms with Crippen LogP contribution in [0, 0.1) is 13.8 Å². The van der Waals surface area contributed by atoms with Gasteiger partial charge in [0.2, 0.25) is 5.91 Å². The Balaban J connectivity index is 1.97. The van der Waals surface area contributed by atoms with Crippen molar-refractivity contribution in [2.24, 2.45) is 0 Å². The first kappa shape index (κ1) is 12.3. The standard InChI is InChI=1S/C12H16N4O2/c1-8-11(10(3)18-15-8)6-14-12(17)9(2)16-5-4-13-7-16/h4-5,7,9H,6H2,1-3H3,(H,14,17)/t9-/m0/s1. The smallest absolute Gasteiger partial charge is 0.243 e. The molecule has 0 saturated heterocycles. The van der Waals surface area contributed by atoms with Gasteiger partial charge in [0.1, 0.15) is 11.8 Å². The molecule has 0 saturated carbocycles. The molecule has 0 spiro atoms. The van der Waals surface area contributed by atoms with Crippen molar-refractivity contribution in [3.8, 4) is 0 Å². The molecule has 0 aromatic carbocycles. The van der Waals surface area contributed by atoms with E-state index in [1.807, 2.05) is 20.8 Å². The number of nitrogens with one attached hydrogen (secondary N) is 1. The Kier molecular flexibility index (Phi) is 3.45. The van der Waals surface area contributed by atoms with Crippen LogP contribution in [0.25, 0.3) is 0 Å². The third-order valence-electron chi connectivity index (χ3n) is 2.97. The van der Waals surface area contributed by atoms with Gasteiger partial charge in [-0.25, -0.2) is 4.98 Å². The lowest BCUT2D eigenvalue weighted by Gasteiger charge is -2.13. The molecule has 6 nitrogen and oxygen atoms in total. The van der Waals surface area contributed by atoms with E-state index in [1.54, 1.807) is 23.3 Å². The molecular weight excluding hydrogens is 232 g/mol. The zero-order chi connectivity index (χ0) is 13.1. The van der Waals surface area contributed by atoms with Gasteiger partial charge in [-0.3, -0.25) is 4.79 Å². The maximum Gasteiger partial charge on any atom is 0.243 e. The van der Waals surface area contributed by atoms with Crippen molar-refractivity contribution in [1.82, 2.24) is 20.0 Å². The van der Waals surface area contributed by atoms with E-state index in [0.717, 1.165) is 17.0 Å². The number of carbonyl (C=O) groups is 1. The van der Waals surface area contributed by atoms with Gasteiger partial charge in [0.05, 0.1) is 12.0 Å². The first-order valence-electron chi connectivity index (χ1n) is 5.76. The van der Waals surface area contributed by atoms with E-state index in [2.05, 4.69) is 15.5 Å². The van der Waals surface area contributed by atoms with Gasteiger partial charge in [0.25, 0.3) is 0 Å². The Hall–Kier alpha value is -2.11. The molecule has 1 amide bonds. The predicted octanol–water partition coefficient (Wildman–Crippen LogP) is 1.37. The van der Waals surface area contributed by atoms with Crippen molar-refractivity contribution in [3.63, 3.8) is 0 Å². The molecule has 2 aromatic rings. The summed E-state index contributed by atoms with van der Waals surface area (Å²) >= 11 is 0. The van der Waals surface area contributed by atoms with E-state index >= 15 is 0 Å². The predicted molar refractivity (Wildman–Crippen MR) is 64.8 cm³/mol. The number of aryl methyl sites for hydroxylation is 2. The largest absolute Gasteiger partial charge is 0.361 e. The van der Waals surface area contributed by atoms with E-state index in [9.17, 15) is 4.79 Å². The molecule has 1 atom stereocenters. The Morgan fingerprint density at radius 3 is 2.89 bits per heavy atom. The zero-order valence-corrected chi connectivity index (χ0v) is 10.7. The molecule has 96 valence electrons. The highest BCUT2D eigenvalue weighted by molar-refractivity contribution is 5.79. The average molecular weight is 248 g/mol. The maximum absolute atomic E-state index is 11.9. The molecule has 0 fully saturated rings. The molecule has 0 bridgehead atoms. The van der Waals surface area contributed by atoms with Gasteiger partial charge < -0.3 is 14.4 Å². The minimum Gasteiger partial charge on any atom is -0.361 e. The summed E-state index contributed by atoms with van der Waals surface area (Å²) in [5.74, 6) is 0.677. The van der Waals surface area contributed by atoms with Gasteiger partial charge in [-0.05, 0) is 20.8 Å². The van der Waals surface area contributed by atoms with Crippen LogP contribution in [0.1, 0.15) is 30.0 Å². The summed E-state index contributed by atoms with van der Waals surface area (Å²) in [6.45, 7) is 5.95. The summed E-state index contributed by atoms with van der Waals surface area (Å²) in [5.41, 5.74) is 1.74. The average Bonchev–Trinajstić information content (AvgIpc) is 2.97. The van der Waals surface area contributed by atoms with Crippen LogP contribution in [0.4, 0.5) is 0 Å². The summed E-state index contributed by atoms with van der Waals surface area (Å²) < 4.78 is 6.80. The second kappa shape index (κ2) is 5.03. The number of amides is 1. The highest BCUT2D eigenvalue weighted by Gasteiger charge is 2.15. The van der Waals surface area contributed by atoms with Crippen LogP contribution in [0.5, 0.6) is 0 Å². The third kappa shape index (κ3) is 2.42. The molecule has 6 heteroatoms. The molecule has 0 aliphatic rings. The maximum atomic E-state index is 11.9. The van der Waals surface area contributed by atoms with Crippen LogP contribution < -0.4 is 5.32 Å². The second-order valence-corrected chi connectivity index (χ2v) is 4.21. The number of imidazole rings is 1. The van der Waals surface area contributed by atoms with Crippen molar-refractivity contribution in [2.45, 2.75) is 33.4 Å². The SMILES string of the molecule is Cc1noc(C)c1CNC(=O)[C@H](C)n1ccnc1. The minimum absolute atomic E-state index is 0.0620. The van der Waals surface area contributed by atoms with Gasteiger partial charge in [0, 0.05) is 24.5 Å². The number of hydrogen-bond donors (Lipinski definition) is 1. The summed E-state index contributed by atoms with van der Waals surface area (Å²) in [4.78, 5) is 15.9. The Morgan fingerprint density at radius 1 is 1.56 bits per heavy atom. The quantitative estimate of drug-likeness (QED) is 0.886. The van der Waals surface area contributed by atoms with Gasteiger partial charge in [-0.2, -0.15) is 0 Å². The summed E-state index contributed by atoms with van der Waals surface area (Å²) in [5, 5.41) is 6.71. The fraction of sp³-hybridized carbons (Fsp3) is 0.417. The van der Waals surface area contributed by atoms with Crippen LogP contribution in [0.2, 0.25) is 0 Å². The van der Waals surface area contributed by atoms with Gasteiger partial charge >= 0.3 is 0 Å². The Labute approximate surface area is 105 Å². The van der Waals surface area contributed by atoms with E-state index in [0.29, 0.717) is 6.54 Å². The van der Waals surface area contributed by atoms with E-state index < -0.39 is 0 Å². The molecule has 1 N–H and O–H groups in total. The fourth-order valence-corrected chi connectivity index (χ4v) is 1.71. The number of nitrogens with zero attached hydrogens (tertiary/aromatic N) is 3. The van der Waals surface area contributed by atoms with E-state index in [-0.39, 0.29) is 11.9 Å². The molecular formula is C12H16N4O2. The van der Waals surface area contributed by atoms with Crippen molar-refractivity contribution in [2.75, 3.05) is 0 Å². The molecule has 2 heterocycles. The van der Waals surface area contributed by atoms with Crippen LogP contribution in [0.15, 0.2) is 23.2 Å². The molecule has 0 radical (unpaired) electrons. The highest BCUT2D eigenvalue weighted by atomic mass is 16.5. The summed E-state index contributed by atoms with van der Waals surface area (Å²) in [6, 6.07) is -0.284. The fourth-order valence-electron chi connectivity index (χ4n) is 1.71. The van der Waals surface area contributed by atoms with Gasteiger partial charge in [-0.15, -0.1) is 0 Å². The molecule has 0 aliphatic carbocycles. The lowest BCUT2D eigenvalue weighted by atomic mass is 10.2. The van der Waals surface area contributed by atoms with Crippen molar-refractivity contribution >= 4 is 5.91 Å². The Morgan fingerprint density at radius 2 is 2.33 bits per heavy atom. The molecule has 18 heavy (non-hydrogen) atoms. The summed E-state index contributed by atoms with van der Waals surface area (Å²) in [6.07, 6.45) is 5.04. The first-order chi connectivity index (χ1) is 8.59.